The number of carbonyl (C=O) groups excluding carboxylic acids is 1. The fraction of sp³-hybridized carbons (Fsp3) is 0.632. The quantitative estimate of drug-likeness (QED) is 0.773. The number of amides is 1. The van der Waals surface area contributed by atoms with Crippen molar-refractivity contribution in [1.29, 1.82) is 0 Å². The number of nitrogens with one attached hydrogen (secondary N) is 2. The highest BCUT2D eigenvalue weighted by Crippen LogP contribution is 2.44. The normalized spacial score (nSPS) is 26.1. The minimum absolute atomic E-state index is 0. The molecule has 8 heteroatoms. The van der Waals surface area contributed by atoms with Gasteiger partial charge in [0.2, 0.25) is 15.9 Å². The minimum atomic E-state index is -3.49. The first kappa shape index (κ1) is 22.1. The van der Waals surface area contributed by atoms with Crippen LogP contribution in [0, 0.1) is 11.3 Å². The number of fused-ring (bicyclic) bond motifs is 1. The highest BCUT2D eigenvalue weighted by molar-refractivity contribution is 7.89. The maximum absolute atomic E-state index is 13.1. The Morgan fingerprint density at radius 1 is 1.33 bits per heavy atom. The van der Waals surface area contributed by atoms with Crippen LogP contribution in [0.5, 0.6) is 0 Å². The molecular formula is C19H30ClN3O3S. The monoisotopic (exact) mass is 415 g/mol. The second-order valence-corrected chi connectivity index (χ2v) is 9.94. The molecule has 3 atom stereocenters. The van der Waals surface area contributed by atoms with Gasteiger partial charge in [0, 0.05) is 20.6 Å². The Kier molecular flexibility index (Phi) is 6.95. The second kappa shape index (κ2) is 8.47. The van der Waals surface area contributed by atoms with Crippen LogP contribution in [-0.4, -0.2) is 45.8 Å². The number of hydrogen-bond donors (Lipinski definition) is 2. The van der Waals surface area contributed by atoms with Crippen molar-refractivity contribution in [2.24, 2.45) is 11.3 Å². The number of benzene rings is 1. The van der Waals surface area contributed by atoms with Gasteiger partial charge in [-0.25, -0.2) is 12.7 Å². The second-order valence-electron chi connectivity index (χ2n) is 7.78. The van der Waals surface area contributed by atoms with E-state index in [1.54, 1.807) is 18.2 Å². The summed E-state index contributed by atoms with van der Waals surface area (Å²) in [6, 6.07) is 6.60. The van der Waals surface area contributed by atoms with Crippen molar-refractivity contribution in [1.82, 2.24) is 14.9 Å². The van der Waals surface area contributed by atoms with Gasteiger partial charge in [-0.05, 0) is 49.9 Å². The SMILES string of the molecule is CC(NC(=O)[C@@]12CCCC[C@H]1CNC2)c1cccc(S(=O)(=O)N(C)C)c1.Cl. The average Bonchev–Trinajstić information content (AvgIpc) is 3.07. The van der Waals surface area contributed by atoms with Crippen molar-refractivity contribution in [2.75, 3.05) is 27.2 Å². The lowest BCUT2D eigenvalue weighted by Gasteiger charge is -2.38. The first-order valence-electron chi connectivity index (χ1n) is 9.31. The van der Waals surface area contributed by atoms with Gasteiger partial charge in [-0.2, -0.15) is 0 Å². The van der Waals surface area contributed by atoms with E-state index in [1.807, 2.05) is 13.0 Å². The van der Waals surface area contributed by atoms with Gasteiger partial charge in [-0.3, -0.25) is 4.79 Å². The summed E-state index contributed by atoms with van der Waals surface area (Å²) in [6.45, 7) is 3.57. The molecule has 2 N–H and O–H groups in total. The zero-order valence-electron chi connectivity index (χ0n) is 16.2. The zero-order chi connectivity index (χ0) is 18.9. The maximum Gasteiger partial charge on any atom is 0.242 e. The van der Waals surface area contributed by atoms with Crippen molar-refractivity contribution < 1.29 is 13.2 Å². The summed E-state index contributed by atoms with van der Waals surface area (Å²) >= 11 is 0. The van der Waals surface area contributed by atoms with Gasteiger partial charge in [0.05, 0.1) is 16.4 Å². The Labute approximate surface area is 168 Å². The number of sulfonamides is 1. The van der Waals surface area contributed by atoms with Crippen LogP contribution in [0.1, 0.15) is 44.2 Å². The third-order valence-corrected chi connectivity index (χ3v) is 7.79. The fourth-order valence-corrected chi connectivity index (χ4v) is 5.23. The highest BCUT2D eigenvalue weighted by atomic mass is 35.5. The molecule has 1 aliphatic carbocycles. The van der Waals surface area contributed by atoms with Crippen molar-refractivity contribution >= 4 is 28.3 Å². The number of hydrogen-bond acceptors (Lipinski definition) is 4. The van der Waals surface area contributed by atoms with Gasteiger partial charge in [-0.1, -0.05) is 25.0 Å². The topological polar surface area (TPSA) is 78.5 Å². The fourth-order valence-electron chi connectivity index (χ4n) is 4.27. The van der Waals surface area contributed by atoms with Crippen LogP contribution in [0.15, 0.2) is 29.2 Å². The Bertz CT molecular complexity index is 784. The third kappa shape index (κ3) is 4.16. The molecule has 1 aliphatic heterocycles. The summed E-state index contributed by atoms with van der Waals surface area (Å²) in [5.74, 6) is 0.504. The molecule has 1 unspecified atom stereocenters. The molecule has 2 aliphatic rings. The number of rotatable bonds is 5. The minimum Gasteiger partial charge on any atom is -0.349 e. The number of halogens is 1. The number of carbonyl (C=O) groups is 1. The summed E-state index contributed by atoms with van der Waals surface area (Å²) in [5.41, 5.74) is 0.496. The van der Waals surface area contributed by atoms with Gasteiger partial charge in [0.25, 0.3) is 0 Å². The predicted molar refractivity (Wildman–Crippen MR) is 108 cm³/mol. The molecule has 3 rings (SSSR count). The molecule has 1 amide bonds. The lowest BCUT2D eigenvalue weighted by atomic mass is 9.67. The molecule has 1 saturated carbocycles. The largest absolute Gasteiger partial charge is 0.349 e. The summed E-state index contributed by atoms with van der Waals surface area (Å²) in [7, 11) is -0.454. The van der Waals surface area contributed by atoms with E-state index in [0.29, 0.717) is 5.92 Å². The van der Waals surface area contributed by atoms with E-state index in [-0.39, 0.29) is 34.7 Å². The Hall–Kier alpha value is -1.15. The molecule has 27 heavy (non-hydrogen) atoms. The molecule has 0 radical (unpaired) electrons. The van der Waals surface area contributed by atoms with Crippen LogP contribution >= 0.6 is 12.4 Å². The first-order valence-corrected chi connectivity index (χ1v) is 10.8. The van der Waals surface area contributed by atoms with E-state index >= 15 is 0 Å². The molecule has 1 aromatic carbocycles. The van der Waals surface area contributed by atoms with Crippen LogP contribution in [0.25, 0.3) is 0 Å². The highest BCUT2D eigenvalue weighted by Gasteiger charge is 2.50. The number of nitrogens with zero attached hydrogens (tertiary/aromatic N) is 1. The van der Waals surface area contributed by atoms with E-state index in [0.717, 1.165) is 37.9 Å². The van der Waals surface area contributed by atoms with Crippen LogP contribution in [0.3, 0.4) is 0 Å². The summed E-state index contributed by atoms with van der Waals surface area (Å²) < 4.78 is 25.9. The van der Waals surface area contributed by atoms with Crippen molar-refractivity contribution in [3.8, 4) is 0 Å². The van der Waals surface area contributed by atoms with Crippen molar-refractivity contribution in [3.05, 3.63) is 29.8 Å². The zero-order valence-corrected chi connectivity index (χ0v) is 17.8. The summed E-state index contributed by atoms with van der Waals surface area (Å²) in [6.07, 6.45) is 4.32. The maximum atomic E-state index is 13.1. The molecular weight excluding hydrogens is 386 g/mol. The summed E-state index contributed by atoms with van der Waals surface area (Å²) in [5, 5.41) is 6.54. The van der Waals surface area contributed by atoms with Gasteiger partial charge < -0.3 is 10.6 Å². The molecule has 152 valence electrons. The van der Waals surface area contributed by atoms with E-state index in [9.17, 15) is 13.2 Å². The molecule has 2 fully saturated rings. The van der Waals surface area contributed by atoms with E-state index in [4.69, 9.17) is 0 Å². The van der Waals surface area contributed by atoms with E-state index < -0.39 is 10.0 Å². The van der Waals surface area contributed by atoms with Crippen LogP contribution < -0.4 is 10.6 Å². The van der Waals surface area contributed by atoms with Gasteiger partial charge in [-0.15, -0.1) is 12.4 Å². The molecule has 1 heterocycles. The smallest absolute Gasteiger partial charge is 0.242 e. The summed E-state index contributed by atoms with van der Waals surface area (Å²) in [4.78, 5) is 13.3. The lowest BCUT2D eigenvalue weighted by Crippen LogP contribution is -2.48. The average molecular weight is 416 g/mol. The molecule has 1 aromatic rings. The molecule has 6 nitrogen and oxygen atoms in total. The molecule has 0 spiro atoms. The molecule has 1 saturated heterocycles. The Morgan fingerprint density at radius 3 is 2.78 bits per heavy atom. The predicted octanol–water partition coefficient (Wildman–Crippen LogP) is 2.32. The standard InChI is InChI=1S/C19H29N3O3S.ClH/c1-14(15-7-6-9-17(11-15)26(24,25)22(2)3)21-18(23)19-10-5-4-8-16(19)12-20-13-19;/h6-7,9,11,14,16,20H,4-5,8,10,12-13H2,1-3H3,(H,21,23);1H/t14?,16-,19+;/m0./s1. The van der Waals surface area contributed by atoms with Crippen LogP contribution in [0.4, 0.5) is 0 Å². The third-order valence-electron chi connectivity index (χ3n) is 5.97. The van der Waals surface area contributed by atoms with Gasteiger partial charge >= 0.3 is 0 Å². The van der Waals surface area contributed by atoms with E-state index in [1.165, 1.54) is 24.8 Å². The molecule has 0 aromatic heterocycles. The first-order chi connectivity index (χ1) is 12.3. The van der Waals surface area contributed by atoms with Crippen LogP contribution in [0.2, 0.25) is 0 Å². The van der Waals surface area contributed by atoms with Gasteiger partial charge in [0.1, 0.15) is 0 Å². The van der Waals surface area contributed by atoms with Gasteiger partial charge in [0.15, 0.2) is 0 Å². The molecule has 0 bridgehead atoms. The Balaban J connectivity index is 0.00000261. The van der Waals surface area contributed by atoms with Crippen molar-refractivity contribution in [2.45, 2.75) is 43.5 Å². The Morgan fingerprint density at radius 2 is 2.07 bits per heavy atom. The van der Waals surface area contributed by atoms with Crippen LogP contribution in [-0.2, 0) is 14.8 Å². The van der Waals surface area contributed by atoms with E-state index in [2.05, 4.69) is 10.6 Å². The van der Waals surface area contributed by atoms with Crippen molar-refractivity contribution in [3.63, 3.8) is 0 Å². The lowest BCUT2D eigenvalue weighted by molar-refractivity contribution is -0.134.